The molecular formula is C24H29F3N8O3S. The smallest absolute Gasteiger partial charge is 0.406 e. The molecule has 0 atom stereocenters. The lowest BCUT2D eigenvalue weighted by molar-refractivity contribution is -0.274. The van der Waals surface area contributed by atoms with Crippen LogP contribution in [0, 0.1) is 5.41 Å². The lowest BCUT2D eigenvalue weighted by atomic mass is 10.1. The number of ether oxygens (including phenoxy) is 1. The monoisotopic (exact) mass is 566 g/mol. The number of nitrogens with zero attached hydrogens (tertiary/aromatic N) is 2. The Kier molecular flexibility index (Phi) is 12.5. The van der Waals surface area contributed by atoms with Gasteiger partial charge in [-0.05, 0) is 61.4 Å². The van der Waals surface area contributed by atoms with Crippen molar-refractivity contribution in [2.45, 2.75) is 38.5 Å². The number of halogens is 3. The summed E-state index contributed by atoms with van der Waals surface area (Å²) in [6, 6.07) is 5.12. The molecule has 1 aromatic heterocycles. The Morgan fingerprint density at radius 3 is 2.67 bits per heavy atom. The van der Waals surface area contributed by atoms with Crippen LogP contribution in [0.15, 0.2) is 60.2 Å². The zero-order valence-electron chi connectivity index (χ0n) is 20.8. The number of unbranched alkanes of at least 4 members (excludes halogenated alkanes) is 1. The van der Waals surface area contributed by atoms with Gasteiger partial charge >= 0.3 is 6.36 Å². The van der Waals surface area contributed by atoms with E-state index in [1.165, 1.54) is 41.8 Å². The summed E-state index contributed by atoms with van der Waals surface area (Å²) in [6.45, 7) is 0.0438. The van der Waals surface area contributed by atoms with Crippen LogP contribution in [-0.4, -0.2) is 41.1 Å². The highest BCUT2D eigenvalue weighted by molar-refractivity contribution is 7.15. The summed E-state index contributed by atoms with van der Waals surface area (Å²) in [5.41, 5.74) is 12.6. The Bertz CT molecular complexity index is 1210. The standard InChI is InChI=1S/C24H29F3N8O3S/c25-24(26,27)38-18-7-3-5-16(13-18)14-20(36)32-19(30)10-9-17(29)6-1-2-8-22-34-35-23(39-22)33-21(37)15-31-12-4-11-28/h3-5,7,9-13,28,31H,1-2,6,8,14-15,29-30H2,(H,32,36)(H,33,35,37)/b12-4-,17-9-,19-10+,28-11?. The van der Waals surface area contributed by atoms with Gasteiger partial charge in [0.05, 0.1) is 13.0 Å². The molecule has 0 fully saturated rings. The lowest BCUT2D eigenvalue weighted by Gasteiger charge is -2.10. The molecule has 0 unspecified atom stereocenters. The molecule has 8 N–H and O–H groups in total. The minimum Gasteiger partial charge on any atom is -0.406 e. The van der Waals surface area contributed by atoms with Crippen molar-refractivity contribution < 1.29 is 27.5 Å². The molecule has 2 rings (SSSR count). The summed E-state index contributed by atoms with van der Waals surface area (Å²) in [5.74, 6) is -1.17. The minimum absolute atomic E-state index is 0.0371. The van der Waals surface area contributed by atoms with Gasteiger partial charge in [-0.3, -0.25) is 14.9 Å². The Labute approximate surface area is 226 Å². The number of aromatic nitrogens is 2. The van der Waals surface area contributed by atoms with Crippen molar-refractivity contribution in [3.05, 3.63) is 70.8 Å². The van der Waals surface area contributed by atoms with Crippen molar-refractivity contribution >= 4 is 34.5 Å². The van der Waals surface area contributed by atoms with Crippen LogP contribution in [0.1, 0.15) is 29.8 Å². The Balaban J connectivity index is 1.70. The predicted molar refractivity (Wildman–Crippen MR) is 142 cm³/mol. The number of allylic oxidation sites excluding steroid dienone is 4. The fraction of sp³-hybridized carbons (Fsp3) is 0.292. The second-order valence-electron chi connectivity index (χ2n) is 7.95. The third kappa shape index (κ3) is 13.6. The molecule has 2 amide bonds. The topological polar surface area (TPSA) is 181 Å². The van der Waals surface area contributed by atoms with Crippen molar-refractivity contribution in [1.82, 2.24) is 20.8 Å². The number of benzene rings is 1. The first-order chi connectivity index (χ1) is 18.5. The summed E-state index contributed by atoms with van der Waals surface area (Å²) in [7, 11) is 0. The Morgan fingerprint density at radius 2 is 1.92 bits per heavy atom. The largest absolute Gasteiger partial charge is 0.573 e. The first-order valence-corrected chi connectivity index (χ1v) is 12.4. The quantitative estimate of drug-likeness (QED) is 0.108. The van der Waals surface area contributed by atoms with Crippen molar-refractivity contribution in [3.8, 4) is 5.75 Å². The molecule has 0 aliphatic rings. The van der Waals surface area contributed by atoms with Gasteiger partial charge in [0.2, 0.25) is 16.9 Å². The number of rotatable bonds is 15. The molecular weight excluding hydrogens is 537 g/mol. The number of anilines is 1. The van der Waals surface area contributed by atoms with Gasteiger partial charge in [0.1, 0.15) is 16.6 Å². The molecule has 0 aliphatic carbocycles. The van der Waals surface area contributed by atoms with E-state index in [4.69, 9.17) is 16.9 Å². The van der Waals surface area contributed by atoms with Crippen LogP contribution in [-0.2, 0) is 22.4 Å². The SMILES string of the molecule is N=C/C=C\NCC(=O)Nc1nnc(CCCC/C(N)=C/C=C(\N)NC(=O)Cc2cccc(OC(F)(F)F)c2)s1. The number of nitrogens with one attached hydrogen (secondary N) is 4. The van der Waals surface area contributed by atoms with Gasteiger partial charge in [-0.2, -0.15) is 0 Å². The lowest BCUT2D eigenvalue weighted by Crippen LogP contribution is -2.28. The average molecular weight is 567 g/mol. The van der Waals surface area contributed by atoms with Crippen LogP contribution in [0.25, 0.3) is 0 Å². The van der Waals surface area contributed by atoms with E-state index >= 15 is 0 Å². The third-order valence-corrected chi connectivity index (χ3v) is 5.55. The number of aryl methyl sites for hydroxylation is 1. The molecule has 15 heteroatoms. The Morgan fingerprint density at radius 1 is 1.13 bits per heavy atom. The van der Waals surface area contributed by atoms with Gasteiger partial charge in [-0.25, -0.2) is 0 Å². The highest BCUT2D eigenvalue weighted by Crippen LogP contribution is 2.23. The number of hydrogen-bond acceptors (Lipinski definition) is 10. The molecule has 0 radical (unpaired) electrons. The molecule has 0 aliphatic heterocycles. The molecule has 2 aromatic rings. The number of hydrogen-bond donors (Lipinski definition) is 6. The molecule has 0 spiro atoms. The summed E-state index contributed by atoms with van der Waals surface area (Å²) < 4.78 is 40.9. The molecule has 0 saturated carbocycles. The van der Waals surface area contributed by atoms with Crippen LogP contribution in [0.5, 0.6) is 5.75 Å². The second kappa shape index (κ2) is 15.8. The molecule has 0 saturated heterocycles. The van der Waals surface area contributed by atoms with E-state index in [1.807, 2.05) is 0 Å². The maximum absolute atomic E-state index is 12.4. The fourth-order valence-corrected chi connectivity index (χ4v) is 3.80. The molecule has 1 heterocycles. The van der Waals surface area contributed by atoms with Crippen LogP contribution in [0.4, 0.5) is 18.3 Å². The van der Waals surface area contributed by atoms with Gasteiger partial charge in [-0.1, -0.05) is 23.5 Å². The first kappa shape index (κ1) is 30.8. The van der Waals surface area contributed by atoms with E-state index in [0.29, 0.717) is 29.2 Å². The van der Waals surface area contributed by atoms with Gasteiger partial charge in [-0.15, -0.1) is 23.4 Å². The number of nitrogens with two attached hydrogens (primary N) is 2. The minimum atomic E-state index is -4.82. The maximum Gasteiger partial charge on any atom is 0.573 e. The third-order valence-electron chi connectivity index (χ3n) is 4.65. The normalized spacial score (nSPS) is 12.3. The van der Waals surface area contributed by atoms with E-state index in [9.17, 15) is 22.8 Å². The van der Waals surface area contributed by atoms with Crippen molar-refractivity contribution in [2.24, 2.45) is 11.5 Å². The van der Waals surface area contributed by atoms with Crippen LogP contribution in [0.2, 0.25) is 0 Å². The molecule has 210 valence electrons. The maximum atomic E-state index is 12.4. The molecule has 39 heavy (non-hydrogen) atoms. The predicted octanol–water partition coefficient (Wildman–Crippen LogP) is 2.84. The van der Waals surface area contributed by atoms with Crippen LogP contribution < -0.4 is 32.2 Å². The highest BCUT2D eigenvalue weighted by atomic mass is 32.1. The number of amides is 2. The van der Waals surface area contributed by atoms with Crippen LogP contribution in [0.3, 0.4) is 0 Å². The van der Waals surface area contributed by atoms with Crippen molar-refractivity contribution in [3.63, 3.8) is 0 Å². The van der Waals surface area contributed by atoms with Gasteiger partial charge in [0.25, 0.3) is 0 Å². The fourth-order valence-electron chi connectivity index (χ4n) is 3.01. The van der Waals surface area contributed by atoms with Crippen molar-refractivity contribution in [1.29, 1.82) is 5.41 Å². The van der Waals surface area contributed by atoms with Gasteiger partial charge in [0, 0.05) is 18.3 Å². The number of carbonyl (C=O) groups is 2. The number of carbonyl (C=O) groups excluding carboxylic acids is 2. The summed E-state index contributed by atoms with van der Waals surface area (Å²) >= 11 is 1.28. The van der Waals surface area contributed by atoms with E-state index in [-0.39, 0.29) is 24.7 Å². The highest BCUT2D eigenvalue weighted by Gasteiger charge is 2.31. The second-order valence-corrected chi connectivity index (χ2v) is 9.01. The van der Waals surface area contributed by atoms with E-state index < -0.39 is 18.0 Å². The first-order valence-electron chi connectivity index (χ1n) is 11.6. The summed E-state index contributed by atoms with van der Waals surface area (Å²) in [4.78, 5) is 24.0. The number of alkyl halides is 3. The van der Waals surface area contributed by atoms with E-state index in [1.54, 1.807) is 6.08 Å². The van der Waals surface area contributed by atoms with E-state index in [2.05, 4.69) is 30.9 Å². The van der Waals surface area contributed by atoms with Crippen molar-refractivity contribution in [2.75, 3.05) is 11.9 Å². The Hall–Kier alpha value is -4.40. The molecule has 1 aromatic carbocycles. The van der Waals surface area contributed by atoms with Crippen LogP contribution >= 0.6 is 11.3 Å². The summed E-state index contributed by atoms with van der Waals surface area (Å²) in [5, 5.41) is 23.8. The van der Waals surface area contributed by atoms with Gasteiger partial charge in [0.15, 0.2) is 0 Å². The zero-order chi connectivity index (χ0) is 28.7. The molecule has 11 nitrogen and oxygen atoms in total. The summed E-state index contributed by atoms with van der Waals surface area (Å²) in [6.07, 6.45) is 4.78. The van der Waals surface area contributed by atoms with E-state index in [0.717, 1.165) is 36.2 Å². The van der Waals surface area contributed by atoms with Gasteiger partial charge < -0.3 is 32.2 Å². The zero-order valence-corrected chi connectivity index (χ0v) is 21.6. The average Bonchev–Trinajstić information content (AvgIpc) is 3.29. The molecule has 0 bridgehead atoms.